The Bertz CT molecular complexity index is 801. The van der Waals surface area contributed by atoms with E-state index in [4.69, 9.17) is 37.9 Å². The number of carbonyl (C=O) groups is 4. The van der Waals surface area contributed by atoms with Crippen molar-refractivity contribution in [1.29, 1.82) is 0 Å². The van der Waals surface area contributed by atoms with Gasteiger partial charge in [-0.25, -0.2) is 0 Å². The second-order valence-corrected chi connectivity index (χ2v) is 10.3. The Balaban J connectivity index is 5.50. The van der Waals surface area contributed by atoms with Crippen LogP contribution in [0, 0.1) is 5.41 Å². The van der Waals surface area contributed by atoms with Gasteiger partial charge in [0.15, 0.2) is 0 Å². The minimum absolute atomic E-state index is 0.0637. The molecule has 4 N–H and O–H groups in total. The van der Waals surface area contributed by atoms with Crippen LogP contribution in [0.25, 0.3) is 0 Å². The molecule has 49 heavy (non-hydrogen) atoms. The van der Waals surface area contributed by atoms with Gasteiger partial charge in [-0.1, -0.05) is 24.3 Å². The summed E-state index contributed by atoms with van der Waals surface area (Å²) in [5.41, 5.74) is -1.10. The summed E-state index contributed by atoms with van der Waals surface area (Å²) in [7, 11) is 0. The Morgan fingerprint density at radius 1 is 0.388 bits per heavy atom. The molecule has 0 aromatic rings. The summed E-state index contributed by atoms with van der Waals surface area (Å²) in [5, 5.41) is 11.1. The lowest BCUT2D eigenvalue weighted by molar-refractivity contribution is -0.127. The van der Waals surface area contributed by atoms with Gasteiger partial charge < -0.3 is 59.2 Å². The van der Waals surface area contributed by atoms with E-state index < -0.39 is 29.0 Å². The number of amides is 4. The molecule has 0 spiro atoms. The first-order valence-corrected chi connectivity index (χ1v) is 15.9. The van der Waals surface area contributed by atoms with Gasteiger partial charge in [0.05, 0.1) is 79.3 Å². The highest BCUT2D eigenvalue weighted by molar-refractivity contribution is 5.79. The van der Waals surface area contributed by atoms with Crippen LogP contribution in [0.4, 0.5) is 0 Å². The molecule has 0 fully saturated rings. The standard InChI is InChI=1S/C33H56N4O12/c1-5-9-42-13-17-46-21-29(38)34-25-33(26-35-30(39)22-47-18-14-43-10-6-2,27-36-31(40)23-48-19-15-44-11-7-3)28-37-32(41)24-49-20-16-45-12-8-4/h5-8H,1-4,9-28H2,(H,34,38)(H,35,39)(H,36,40)(H,37,41). The van der Waals surface area contributed by atoms with Crippen LogP contribution in [0.5, 0.6) is 0 Å². The zero-order chi connectivity index (χ0) is 36.3. The molecule has 280 valence electrons. The van der Waals surface area contributed by atoms with Crippen molar-refractivity contribution < 1.29 is 57.1 Å². The molecule has 16 nitrogen and oxygen atoms in total. The molecule has 0 radical (unpaired) electrons. The van der Waals surface area contributed by atoms with Gasteiger partial charge in [-0.2, -0.15) is 0 Å². The molecule has 0 bridgehead atoms. The molecule has 0 rings (SSSR count). The third-order valence-electron chi connectivity index (χ3n) is 6.01. The summed E-state index contributed by atoms with van der Waals surface area (Å²) < 4.78 is 42.4. The lowest BCUT2D eigenvalue weighted by Gasteiger charge is -2.34. The van der Waals surface area contributed by atoms with E-state index in [1.165, 1.54) is 0 Å². The summed E-state index contributed by atoms with van der Waals surface area (Å²) in [6.07, 6.45) is 6.40. The average molecular weight is 701 g/mol. The summed E-state index contributed by atoms with van der Waals surface area (Å²) in [6.45, 7) is 16.2. The van der Waals surface area contributed by atoms with Crippen LogP contribution in [0.1, 0.15) is 0 Å². The van der Waals surface area contributed by atoms with Crippen molar-refractivity contribution in [2.24, 2.45) is 5.41 Å². The number of nitrogens with one attached hydrogen (secondary N) is 4. The van der Waals surface area contributed by atoms with Crippen molar-refractivity contribution in [2.75, 3.05) is 132 Å². The Morgan fingerprint density at radius 3 is 0.796 bits per heavy atom. The van der Waals surface area contributed by atoms with E-state index >= 15 is 0 Å². The summed E-state index contributed by atoms with van der Waals surface area (Å²) in [6, 6.07) is 0. The predicted octanol–water partition coefficient (Wildman–Crippen LogP) is -0.686. The third-order valence-corrected chi connectivity index (χ3v) is 6.01. The SMILES string of the molecule is C=CCOCCOCC(=O)NCC(CNC(=O)COCCOCC=C)(CNC(=O)COCCOCC=C)CNC(=O)COCCOCC=C. The van der Waals surface area contributed by atoms with Crippen LogP contribution in [-0.4, -0.2) is 156 Å². The van der Waals surface area contributed by atoms with Crippen LogP contribution in [-0.2, 0) is 57.1 Å². The normalized spacial score (nSPS) is 10.9. The number of hydrogen-bond donors (Lipinski definition) is 4. The number of rotatable bonds is 36. The average Bonchev–Trinajstić information content (AvgIpc) is 3.10. The van der Waals surface area contributed by atoms with Crippen molar-refractivity contribution in [3.8, 4) is 0 Å². The molecule has 0 aromatic heterocycles. The number of hydrogen-bond acceptors (Lipinski definition) is 12. The Hall–Kier alpha value is -3.48. The fraction of sp³-hybridized carbons (Fsp3) is 0.636. The Kier molecular flexibility index (Phi) is 30.7. The summed E-state index contributed by atoms with van der Waals surface area (Å²) in [4.78, 5) is 50.7. The first-order chi connectivity index (χ1) is 23.8. The van der Waals surface area contributed by atoms with Crippen LogP contribution < -0.4 is 21.3 Å². The Morgan fingerprint density at radius 2 is 0.592 bits per heavy atom. The van der Waals surface area contributed by atoms with Crippen LogP contribution in [0.2, 0.25) is 0 Å². The van der Waals surface area contributed by atoms with E-state index in [0.29, 0.717) is 26.4 Å². The minimum Gasteiger partial charge on any atom is -0.375 e. The highest BCUT2D eigenvalue weighted by atomic mass is 16.5. The van der Waals surface area contributed by atoms with E-state index in [9.17, 15) is 19.2 Å². The molecule has 0 atom stereocenters. The van der Waals surface area contributed by atoms with Crippen molar-refractivity contribution >= 4 is 23.6 Å². The molecule has 0 heterocycles. The molecule has 16 heteroatoms. The molecule has 4 amide bonds. The van der Waals surface area contributed by atoms with Crippen molar-refractivity contribution in [3.63, 3.8) is 0 Å². The molecule has 0 aromatic carbocycles. The van der Waals surface area contributed by atoms with Crippen molar-refractivity contribution in [2.45, 2.75) is 0 Å². The maximum Gasteiger partial charge on any atom is 0.246 e. The molecule has 0 unspecified atom stereocenters. The van der Waals surface area contributed by atoms with E-state index in [2.05, 4.69) is 47.6 Å². The quantitative estimate of drug-likeness (QED) is 0.0477. The lowest BCUT2D eigenvalue weighted by Crippen LogP contribution is -2.57. The second-order valence-electron chi connectivity index (χ2n) is 10.3. The summed E-state index contributed by atoms with van der Waals surface area (Å²) >= 11 is 0. The second kappa shape index (κ2) is 33.0. The zero-order valence-corrected chi connectivity index (χ0v) is 28.7. The van der Waals surface area contributed by atoms with Crippen LogP contribution in [0.15, 0.2) is 50.6 Å². The lowest BCUT2D eigenvalue weighted by atomic mass is 9.86. The van der Waals surface area contributed by atoms with Gasteiger partial charge in [0.25, 0.3) is 0 Å². The topological polar surface area (TPSA) is 190 Å². The predicted molar refractivity (Wildman–Crippen MR) is 182 cm³/mol. The molecule has 0 aliphatic heterocycles. The molecular weight excluding hydrogens is 644 g/mol. The van der Waals surface area contributed by atoms with Crippen molar-refractivity contribution in [1.82, 2.24) is 21.3 Å². The maximum absolute atomic E-state index is 12.7. The van der Waals surface area contributed by atoms with E-state index in [-0.39, 0.29) is 105 Å². The third kappa shape index (κ3) is 29.2. The number of carbonyl (C=O) groups excluding carboxylic acids is 4. The van der Waals surface area contributed by atoms with Gasteiger partial charge in [-0.05, 0) is 0 Å². The highest BCUT2D eigenvalue weighted by Gasteiger charge is 2.33. The van der Waals surface area contributed by atoms with Crippen LogP contribution in [0.3, 0.4) is 0 Å². The van der Waals surface area contributed by atoms with E-state index in [1.807, 2.05) is 0 Å². The van der Waals surface area contributed by atoms with Crippen LogP contribution >= 0.6 is 0 Å². The zero-order valence-electron chi connectivity index (χ0n) is 28.7. The minimum atomic E-state index is -1.10. The fourth-order valence-corrected chi connectivity index (χ4v) is 3.52. The van der Waals surface area contributed by atoms with E-state index in [1.54, 1.807) is 24.3 Å². The van der Waals surface area contributed by atoms with Gasteiger partial charge in [-0.15, -0.1) is 26.3 Å². The maximum atomic E-state index is 12.7. The smallest absolute Gasteiger partial charge is 0.246 e. The first kappa shape index (κ1) is 45.5. The van der Waals surface area contributed by atoms with Gasteiger partial charge in [0.1, 0.15) is 26.4 Å². The molecular formula is C33H56N4O12. The highest BCUT2D eigenvalue weighted by Crippen LogP contribution is 2.14. The molecule has 0 saturated heterocycles. The van der Waals surface area contributed by atoms with Gasteiger partial charge in [-0.3, -0.25) is 19.2 Å². The molecule has 0 aliphatic rings. The first-order valence-electron chi connectivity index (χ1n) is 15.9. The van der Waals surface area contributed by atoms with Gasteiger partial charge >= 0.3 is 0 Å². The van der Waals surface area contributed by atoms with Gasteiger partial charge in [0, 0.05) is 31.6 Å². The largest absolute Gasteiger partial charge is 0.375 e. The van der Waals surface area contributed by atoms with Gasteiger partial charge in [0.2, 0.25) is 23.6 Å². The summed E-state index contributed by atoms with van der Waals surface area (Å²) in [5.74, 6) is -1.81. The Labute approximate surface area is 289 Å². The number of ether oxygens (including phenoxy) is 8. The van der Waals surface area contributed by atoms with E-state index in [0.717, 1.165) is 0 Å². The fourth-order valence-electron chi connectivity index (χ4n) is 3.52. The van der Waals surface area contributed by atoms with Crippen molar-refractivity contribution in [3.05, 3.63) is 50.6 Å². The molecule has 0 aliphatic carbocycles. The molecule has 0 saturated carbocycles. The monoisotopic (exact) mass is 700 g/mol.